The highest BCUT2D eigenvalue weighted by Gasteiger charge is 2.08. The molecule has 3 nitrogen and oxygen atoms in total. The third-order valence-electron chi connectivity index (χ3n) is 2.19. The molecule has 0 saturated carbocycles. The minimum absolute atomic E-state index is 0.488. The van der Waals surface area contributed by atoms with Crippen LogP contribution in [0.2, 0.25) is 5.02 Å². The van der Waals surface area contributed by atoms with Crippen molar-refractivity contribution in [3.05, 3.63) is 46.7 Å². The third kappa shape index (κ3) is 1.66. The SMILES string of the molecule is Cc1cccc(-n2nccc2C=O)c1Cl. The van der Waals surface area contributed by atoms with Crippen molar-refractivity contribution in [3.63, 3.8) is 0 Å². The second-order valence-corrected chi connectivity index (χ2v) is 3.57. The molecule has 0 fully saturated rings. The average molecular weight is 221 g/mol. The van der Waals surface area contributed by atoms with Gasteiger partial charge in [0.05, 0.1) is 16.9 Å². The van der Waals surface area contributed by atoms with Crippen LogP contribution in [0.5, 0.6) is 0 Å². The summed E-state index contributed by atoms with van der Waals surface area (Å²) in [5.74, 6) is 0. The molecular formula is C11H9ClN2O. The van der Waals surface area contributed by atoms with Gasteiger partial charge in [-0.1, -0.05) is 23.7 Å². The summed E-state index contributed by atoms with van der Waals surface area (Å²) in [6.45, 7) is 1.91. The molecule has 0 aliphatic heterocycles. The Kier molecular flexibility index (Phi) is 2.56. The van der Waals surface area contributed by atoms with Crippen molar-refractivity contribution < 1.29 is 4.79 Å². The quantitative estimate of drug-likeness (QED) is 0.730. The predicted molar refractivity (Wildman–Crippen MR) is 58.7 cm³/mol. The van der Waals surface area contributed by atoms with Crippen LogP contribution in [-0.2, 0) is 0 Å². The van der Waals surface area contributed by atoms with Crippen molar-refractivity contribution in [2.45, 2.75) is 6.92 Å². The van der Waals surface area contributed by atoms with Gasteiger partial charge in [-0.05, 0) is 24.6 Å². The third-order valence-corrected chi connectivity index (χ3v) is 2.68. The fourth-order valence-corrected chi connectivity index (χ4v) is 1.61. The first-order valence-corrected chi connectivity index (χ1v) is 4.86. The number of carbonyl (C=O) groups excluding carboxylic acids is 1. The van der Waals surface area contributed by atoms with Gasteiger partial charge in [0.2, 0.25) is 0 Å². The Labute approximate surface area is 92.3 Å². The van der Waals surface area contributed by atoms with Gasteiger partial charge < -0.3 is 0 Å². The number of aldehydes is 1. The Balaban J connectivity index is 2.64. The highest BCUT2D eigenvalue weighted by atomic mass is 35.5. The van der Waals surface area contributed by atoms with Crippen LogP contribution in [0.25, 0.3) is 5.69 Å². The lowest BCUT2D eigenvalue weighted by molar-refractivity contribution is 0.111. The maximum atomic E-state index is 10.8. The topological polar surface area (TPSA) is 34.9 Å². The van der Waals surface area contributed by atoms with Gasteiger partial charge in [0, 0.05) is 0 Å². The number of carbonyl (C=O) groups is 1. The van der Waals surface area contributed by atoms with Gasteiger partial charge in [-0.2, -0.15) is 5.10 Å². The average Bonchev–Trinajstić information content (AvgIpc) is 2.70. The molecule has 0 atom stereocenters. The van der Waals surface area contributed by atoms with E-state index in [0.29, 0.717) is 10.7 Å². The zero-order valence-electron chi connectivity index (χ0n) is 8.14. The fourth-order valence-electron chi connectivity index (χ4n) is 1.40. The molecule has 1 aromatic carbocycles. The summed E-state index contributed by atoms with van der Waals surface area (Å²) in [5, 5.41) is 4.68. The Morgan fingerprint density at radius 2 is 2.20 bits per heavy atom. The number of halogens is 1. The van der Waals surface area contributed by atoms with E-state index in [9.17, 15) is 4.79 Å². The minimum Gasteiger partial charge on any atom is -0.296 e. The van der Waals surface area contributed by atoms with E-state index in [1.165, 1.54) is 4.68 Å². The van der Waals surface area contributed by atoms with E-state index in [-0.39, 0.29) is 0 Å². The molecule has 2 aromatic rings. The summed E-state index contributed by atoms with van der Waals surface area (Å²) in [6, 6.07) is 7.27. The fraction of sp³-hybridized carbons (Fsp3) is 0.0909. The van der Waals surface area contributed by atoms with Crippen LogP contribution in [-0.4, -0.2) is 16.1 Å². The zero-order valence-corrected chi connectivity index (χ0v) is 8.90. The Bertz CT molecular complexity index is 505. The molecule has 2 rings (SSSR count). The molecule has 0 saturated heterocycles. The summed E-state index contributed by atoms with van der Waals surface area (Å²) < 4.78 is 1.53. The number of aryl methyl sites for hydroxylation is 1. The predicted octanol–water partition coefficient (Wildman–Crippen LogP) is 2.65. The lowest BCUT2D eigenvalue weighted by atomic mass is 10.2. The van der Waals surface area contributed by atoms with Gasteiger partial charge in [0.1, 0.15) is 5.69 Å². The molecule has 0 radical (unpaired) electrons. The standard InChI is InChI=1S/C11H9ClN2O/c1-8-3-2-4-10(11(8)12)14-9(7-15)5-6-13-14/h2-7H,1H3. The summed E-state index contributed by atoms with van der Waals surface area (Å²) in [6.07, 6.45) is 2.33. The molecule has 0 aliphatic carbocycles. The molecule has 15 heavy (non-hydrogen) atoms. The van der Waals surface area contributed by atoms with Gasteiger partial charge >= 0.3 is 0 Å². The van der Waals surface area contributed by atoms with Crippen LogP contribution in [0.4, 0.5) is 0 Å². The van der Waals surface area contributed by atoms with Crippen molar-refractivity contribution in [1.29, 1.82) is 0 Å². The second-order valence-electron chi connectivity index (χ2n) is 3.19. The molecular weight excluding hydrogens is 212 g/mol. The second kappa shape index (κ2) is 3.87. The van der Waals surface area contributed by atoms with Gasteiger partial charge in [-0.15, -0.1) is 0 Å². The van der Waals surface area contributed by atoms with E-state index < -0.39 is 0 Å². The first-order chi connectivity index (χ1) is 7.24. The van der Waals surface area contributed by atoms with E-state index in [2.05, 4.69) is 5.10 Å². The number of benzene rings is 1. The van der Waals surface area contributed by atoms with Crippen LogP contribution < -0.4 is 0 Å². The van der Waals surface area contributed by atoms with Crippen molar-refractivity contribution in [1.82, 2.24) is 9.78 Å². The largest absolute Gasteiger partial charge is 0.296 e. The molecule has 0 amide bonds. The molecule has 4 heteroatoms. The van der Waals surface area contributed by atoms with Gasteiger partial charge in [-0.25, -0.2) is 4.68 Å². The normalized spacial score (nSPS) is 10.3. The number of aromatic nitrogens is 2. The van der Waals surface area contributed by atoms with E-state index >= 15 is 0 Å². The number of hydrogen-bond acceptors (Lipinski definition) is 2. The lowest BCUT2D eigenvalue weighted by Gasteiger charge is -2.07. The molecule has 0 aliphatic rings. The molecule has 0 N–H and O–H groups in total. The van der Waals surface area contributed by atoms with E-state index in [0.717, 1.165) is 17.5 Å². The summed E-state index contributed by atoms with van der Waals surface area (Å²) in [4.78, 5) is 10.8. The van der Waals surface area contributed by atoms with Crippen molar-refractivity contribution in [2.24, 2.45) is 0 Å². The summed E-state index contributed by atoms with van der Waals surface area (Å²) >= 11 is 6.14. The van der Waals surface area contributed by atoms with Gasteiger partial charge in [-0.3, -0.25) is 4.79 Å². The Morgan fingerprint density at radius 1 is 1.40 bits per heavy atom. The zero-order chi connectivity index (χ0) is 10.8. The Morgan fingerprint density at radius 3 is 2.93 bits per heavy atom. The first-order valence-electron chi connectivity index (χ1n) is 4.48. The van der Waals surface area contributed by atoms with E-state index in [4.69, 9.17) is 11.6 Å². The van der Waals surface area contributed by atoms with Gasteiger partial charge in [0.15, 0.2) is 6.29 Å². The van der Waals surface area contributed by atoms with E-state index in [1.807, 2.05) is 25.1 Å². The van der Waals surface area contributed by atoms with E-state index in [1.54, 1.807) is 12.3 Å². The van der Waals surface area contributed by atoms with Crippen molar-refractivity contribution in [3.8, 4) is 5.69 Å². The van der Waals surface area contributed by atoms with Crippen LogP contribution >= 0.6 is 11.6 Å². The molecule has 1 aromatic heterocycles. The highest BCUT2D eigenvalue weighted by Crippen LogP contribution is 2.24. The van der Waals surface area contributed by atoms with Gasteiger partial charge in [0.25, 0.3) is 0 Å². The Hall–Kier alpha value is -1.61. The molecule has 0 unspecified atom stereocenters. The minimum atomic E-state index is 0.488. The van der Waals surface area contributed by atoms with Crippen LogP contribution in [0.3, 0.4) is 0 Å². The molecule has 0 bridgehead atoms. The molecule has 76 valence electrons. The van der Waals surface area contributed by atoms with Crippen molar-refractivity contribution >= 4 is 17.9 Å². The highest BCUT2D eigenvalue weighted by molar-refractivity contribution is 6.33. The lowest BCUT2D eigenvalue weighted by Crippen LogP contribution is -2.02. The maximum absolute atomic E-state index is 10.8. The van der Waals surface area contributed by atoms with Crippen LogP contribution in [0.1, 0.15) is 16.1 Å². The summed E-state index contributed by atoms with van der Waals surface area (Å²) in [5.41, 5.74) is 2.17. The number of nitrogens with zero attached hydrogens (tertiary/aromatic N) is 2. The van der Waals surface area contributed by atoms with Crippen LogP contribution in [0.15, 0.2) is 30.5 Å². The van der Waals surface area contributed by atoms with Crippen molar-refractivity contribution in [2.75, 3.05) is 0 Å². The van der Waals surface area contributed by atoms with Crippen LogP contribution in [0, 0.1) is 6.92 Å². The number of hydrogen-bond donors (Lipinski definition) is 0. The molecule has 0 spiro atoms. The number of rotatable bonds is 2. The monoisotopic (exact) mass is 220 g/mol. The smallest absolute Gasteiger partial charge is 0.168 e. The first kappa shape index (κ1) is 9.93. The molecule has 1 heterocycles. The maximum Gasteiger partial charge on any atom is 0.168 e. The summed E-state index contributed by atoms with van der Waals surface area (Å²) in [7, 11) is 0.